The smallest absolute Gasteiger partial charge is 0.0287 e. The van der Waals surface area contributed by atoms with Crippen LogP contribution in [0.25, 0.3) is 0 Å². The molecule has 0 radical (unpaired) electrons. The zero-order valence-corrected chi connectivity index (χ0v) is 7.15. The zero-order chi connectivity index (χ0) is 7.78. The van der Waals surface area contributed by atoms with E-state index in [9.17, 15) is 0 Å². The highest BCUT2D eigenvalue weighted by Crippen LogP contribution is 2.39. The molecule has 1 atom stereocenters. The third-order valence-electron chi connectivity index (χ3n) is 2.21. The molecule has 60 valence electrons. The summed E-state index contributed by atoms with van der Waals surface area (Å²) < 4.78 is 0. The molecule has 0 bridgehead atoms. The van der Waals surface area contributed by atoms with Crippen LogP contribution in [0.15, 0.2) is 0 Å². The highest BCUT2D eigenvalue weighted by molar-refractivity contribution is 4.92. The quantitative estimate of drug-likeness (QED) is 0.450. The Labute approximate surface area is 63.1 Å². The van der Waals surface area contributed by atoms with Crippen LogP contribution in [0.5, 0.6) is 0 Å². The molecule has 10 heavy (non-hydrogen) atoms. The molecule has 1 fully saturated rings. The first-order valence-electron chi connectivity index (χ1n) is 4.02. The molecule has 1 unspecified atom stereocenters. The normalized spacial score (nSPS) is 22.8. The van der Waals surface area contributed by atoms with Crippen LogP contribution in [0, 0.1) is 11.3 Å². The predicted octanol–water partition coefficient (Wildman–Crippen LogP) is 1.27. The van der Waals surface area contributed by atoms with Gasteiger partial charge >= 0.3 is 0 Å². The van der Waals surface area contributed by atoms with Gasteiger partial charge in [-0.3, -0.25) is 11.3 Å². The summed E-state index contributed by atoms with van der Waals surface area (Å²) in [6.45, 7) is 6.70. The molecule has 2 heteroatoms. The number of hydrogen-bond donors (Lipinski definition) is 2. The van der Waals surface area contributed by atoms with Crippen molar-refractivity contribution in [3.05, 3.63) is 0 Å². The Kier molecular flexibility index (Phi) is 2.02. The van der Waals surface area contributed by atoms with Crippen molar-refractivity contribution in [1.29, 1.82) is 0 Å². The SMILES string of the molecule is CC(C)(C)C(NN)C1CC1. The lowest BCUT2D eigenvalue weighted by atomic mass is 9.84. The Balaban J connectivity index is 2.46. The van der Waals surface area contributed by atoms with E-state index in [1.807, 2.05) is 0 Å². The van der Waals surface area contributed by atoms with Gasteiger partial charge in [0, 0.05) is 6.04 Å². The lowest BCUT2D eigenvalue weighted by Crippen LogP contribution is -2.45. The van der Waals surface area contributed by atoms with Gasteiger partial charge in [-0.2, -0.15) is 0 Å². The first-order valence-corrected chi connectivity index (χ1v) is 4.02. The Morgan fingerprint density at radius 2 is 1.90 bits per heavy atom. The van der Waals surface area contributed by atoms with Crippen molar-refractivity contribution in [2.45, 2.75) is 39.7 Å². The van der Waals surface area contributed by atoms with Gasteiger partial charge in [-0.05, 0) is 24.2 Å². The van der Waals surface area contributed by atoms with Crippen molar-refractivity contribution in [2.24, 2.45) is 17.2 Å². The van der Waals surface area contributed by atoms with E-state index in [4.69, 9.17) is 5.84 Å². The van der Waals surface area contributed by atoms with E-state index in [0.717, 1.165) is 5.92 Å². The second-order valence-corrected chi connectivity index (χ2v) is 4.35. The molecule has 1 saturated carbocycles. The summed E-state index contributed by atoms with van der Waals surface area (Å²) in [7, 11) is 0. The van der Waals surface area contributed by atoms with E-state index in [2.05, 4.69) is 26.2 Å². The first kappa shape index (κ1) is 8.02. The van der Waals surface area contributed by atoms with Crippen molar-refractivity contribution < 1.29 is 0 Å². The molecule has 2 nitrogen and oxygen atoms in total. The summed E-state index contributed by atoms with van der Waals surface area (Å²) in [4.78, 5) is 0. The molecular formula is C8H18N2. The van der Waals surface area contributed by atoms with Gasteiger partial charge in [0.15, 0.2) is 0 Å². The minimum absolute atomic E-state index is 0.315. The Hall–Kier alpha value is -0.0800. The molecule has 0 aromatic heterocycles. The minimum atomic E-state index is 0.315. The van der Waals surface area contributed by atoms with E-state index in [-0.39, 0.29) is 0 Å². The zero-order valence-electron chi connectivity index (χ0n) is 7.15. The van der Waals surface area contributed by atoms with Gasteiger partial charge < -0.3 is 0 Å². The molecule has 0 heterocycles. The van der Waals surface area contributed by atoms with E-state index in [1.165, 1.54) is 12.8 Å². The van der Waals surface area contributed by atoms with Gasteiger partial charge in [-0.15, -0.1) is 0 Å². The number of hydrogen-bond acceptors (Lipinski definition) is 2. The highest BCUT2D eigenvalue weighted by atomic mass is 15.2. The van der Waals surface area contributed by atoms with Gasteiger partial charge in [0.1, 0.15) is 0 Å². The van der Waals surface area contributed by atoms with Crippen LogP contribution >= 0.6 is 0 Å². The predicted molar refractivity (Wildman–Crippen MR) is 43.3 cm³/mol. The maximum absolute atomic E-state index is 5.45. The van der Waals surface area contributed by atoms with Gasteiger partial charge in [0.05, 0.1) is 0 Å². The fourth-order valence-electron chi connectivity index (χ4n) is 1.52. The number of hydrazine groups is 1. The third-order valence-corrected chi connectivity index (χ3v) is 2.21. The monoisotopic (exact) mass is 142 g/mol. The molecule has 0 saturated heterocycles. The fourth-order valence-corrected chi connectivity index (χ4v) is 1.52. The van der Waals surface area contributed by atoms with Crippen LogP contribution in [0.2, 0.25) is 0 Å². The molecule has 0 amide bonds. The van der Waals surface area contributed by atoms with Gasteiger partial charge in [0.2, 0.25) is 0 Å². The average molecular weight is 142 g/mol. The van der Waals surface area contributed by atoms with Crippen molar-refractivity contribution >= 4 is 0 Å². The lowest BCUT2D eigenvalue weighted by Gasteiger charge is -2.29. The topological polar surface area (TPSA) is 38.0 Å². The van der Waals surface area contributed by atoms with Crippen molar-refractivity contribution in [3.8, 4) is 0 Å². The molecule has 1 rings (SSSR count). The van der Waals surface area contributed by atoms with Crippen LogP contribution < -0.4 is 11.3 Å². The maximum atomic E-state index is 5.45. The molecule has 0 aliphatic heterocycles. The average Bonchev–Trinajstić information content (AvgIpc) is 2.46. The summed E-state index contributed by atoms with van der Waals surface area (Å²) in [5, 5.41) is 0. The Morgan fingerprint density at radius 3 is 2.00 bits per heavy atom. The van der Waals surface area contributed by atoms with Crippen LogP contribution in [0.3, 0.4) is 0 Å². The van der Waals surface area contributed by atoms with E-state index in [0.29, 0.717) is 11.5 Å². The molecule has 0 aromatic rings. The maximum Gasteiger partial charge on any atom is 0.0287 e. The van der Waals surface area contributed by atoms with Crippen molar-refractivity contribution in [3.63, 3.8) is 0 Å². The summed E-state index contributed by atoms with van der Waals surface area (Å²) in [5.41, 5.74) is 3.22. The molecule has 3 N–H and O–H groups in total. The van der Waals surface area contributed by atoms with Crippen molar-refractivity contribution in [2.75, 3.05) is 0 Å². The van der Waals surface area contributed by atoms with Crippen LogP contribution in [0.4, 0.5) is 0 Å². The van der Waals surface area contributed by atoms with E-state index < -0.39 is 0 Å². The van der Waals surface area contributed by atoms with Crippen molar-refractivity contribution in [1.82, 2.24) is 5.43 Å². The summed E-state index contributed by atoms with van der Waals surface area (Å²) in [5.74, 6) is 6.29. The van der Waals surface area contributed by atoms with Crippen LogP contribution in [-0.2, 0) is 0 Å². The first-order chi connectivity index (χ1) is 4.55. The molecule has 0 aromatic carbocycles. The van der Waals surface area contributed by atoms with Crippen LogP contribution in [0.1, 0.15) is 33.6 Å². The minimum Gasteiger partial charge on any atom is -0.271 e. The fraction of sp³-hybridized carbons (Fsp3) is 1.00. The summed E-state index contributed by atoms with van der Waals surface area (Å²) in [6, 6.07) is 0.507. The second kappa shape index (κ2) is 2.51. The van der Waals surface area contributed by atoms with Gasteiger partial charge in [-0.25, -0.2) is 0 Å². The Bertz CT molecular complexity index is 111. The van der Waals surface area contributed by atoms with E-state index >= 15 is 0 Å². The van der Waals surface area contributed by atoms with Crippen LogP contribution in [-0.4, -0.2) is 6.04 Å². The highest BCUT2D eigenvalue weighted by Gasteiger charge is 2.37. The van der Waals surface area contributed by atoms with Gasteiger partial charge in [-0.1, -0.05) is 20.8 Å². The van der Waals surface area contributed by atoms with Gasteiger partial charge in [0.25, 0.3) is 0 Å². The molecule has 1 aliphatic carbocycles. The lowest BCUT2D eigenvalue weighted by molar-refractivity contribution is 0.244. The standard InChI is InChI=1S/C8H18N2/c1-8(2,3)7(10-9)6-4-5-6/h6-7,10H,4-5,9H2,1-3H3. The number of rotatable bonds is 2. The third kappa shape index (κ3) is 1.70. The largest absolute Gasteiger partial charge is 0.271 e. The number of nitrogens with one attached hydrogen (secondary N) is 1. The number of nitrogens with two attached hydrogens (primary N) is 1. The molecule has 0 spiro atoms. The summed E-state index contributed by atoms with van der Waals surface area (Å²) >= 11 is 0. The second-order valence-electron chi connectivity index (χ2n) is 4.35. The molecular weight excluding hydrogens is 124 g/mol. The summed E-state index contributed by atoms with van der Waals surface area (Å²) in [6.07, 6.45) is 2.71. The Morgan fingerprint density at radius 1 is 1.40 bits per heavy atom. The van der Waals surface area contributed by atoms with E-state index in [1.54, 1.807) is 0 Å². The molecule has 1 aliphatic rings.